The predicted octanol–water partition coefficient (Wildman–Crippen LogP) is 7.88. The van der Waals surface area contributed by atoms with Crippen molar-refractivity contribution in [2.24, 2.45) is 0 Å². The van der Waals surface area contributed by atoms with Gasteiger partial charge in [-0.25, -0.2) is 0 Å². The number of ether oxygens (including phenoxy) is 2. The summed E-state index contributed by atoms with van der Waals surface area (Å²) in [6.45, 7) is 0.0462. The van der Waals surface area contributed by atoms with Crippen LogP contribution >= 0.6 is 39.1 Å². The number of hydrogen-bond donors (Lipinski definition) is 1. The highest BCUT2D eigenvalue weighted by atomic mass is 79.9. The van der Waals surface area contributed by atoms with Crippen LogP contribution in [0.5, 0.6) is 17.2 Å². The van der Waals surface area contributed by atoms with Gasteiger partial charge in [-0.1, -0.05) is 39.1 Å². The molecule has 0 aliphatic heterocycles. The molecule has 0 saturated heterocycles. The van der Waals surface area contributed by atoms with Crippen molar-refractivity contribution in [1.82, 2.24) is 0 Å². The van der Waals surface area contributed by atoms with Gasteiger partial charge in [-0.05, 0) is 54.6 Å². The average molecular weight is 578 g/mol. The Bertz CT molecular complexity index is 1390. The van der Waals surface area contributed by atoms with Crippen molar-refractivity contribution in [2.75, 3.05) is 5.32 Å². The van der Waals surface area contributed by atoms with Crippen molar-refractivity contribution in [2.45, 2.75) is 6.61 Å². The molecule has 3 aromatic carbocycles. The van der Waals surface area contributed by atoms with Gasteiger partial charge in [-0.3, -0.25) is 14.9 Å². The summed E-state index contributed by atoms with van der Waals surface area (Å²) >= 11 is 15.3. The number of halogens is 3. The van der Waals surface area contributed by atoms with Crippen LogP contribution in [0.2, 0.25) is 10.0 Å². The van der Waals surface area contributed by atoms with Gasteiger partial charge in [0, 0.05) is 21.6 Å². The number of hydrogen-bond acceptors (Lipinski definition) is 6. The molecule has 1 amide bonds. The summed E-state index contributed by atoms with van der Waals surface area (Å²) in [5.74, 6) is 0.834. The Kier molecular flexibility index (Phi) is 7.60. The second kappa shape index (κ2) is 10.8. The molecule has 35 heavy (non-hydrogen) atoms. The van der Waals surface area contributed by atoms with Crippen LogP contribution in [0.25, 0.3) is 0 Å². The number of furan rings is 1. The maximum absolute atomic E-state index is 12.7. The number of anilines is 1. The minimum atomic E-state index is -0.601. The zero-order valence-electron chi connectivity index (χ0n) is 17.7. The number of nitrogens with zero attached hydrogens (tertiary/aromatic N) is 1. The van der Waals surface area contributed by atoms with E-state index in [2.05, 4.69) is 21.2 Å². The lowest BCUT2D eigenvalue weighted by atomic mass is 10.2. The van der Waals surface area contributed by atoms with Crippen molar-refractivity contribution in [1.29, 1.82) is 0 Å². The van der Waals surface area contributed by atoms with Gasteiger partial charge in [0.25, 0.3) is 11.6 Å². The highest BCUT2D eigenvalue weighted by Crippen LogP contribution is 2.31. The number of non-ortho nitro benzene ring substituents is 1. The first-order valence-electron chi connectivity index (χ1n) is 9.97. The molecule has 1 aromatic heterocycles. The molecular weight excluding hydrogens is 563 g/mol. The molecule has 4 aromatic rings. The van der Waals surface area contributed by atoms with Crippen molar-refractivity contribution in [3.05, 3.63) is 109 Å². The van der Waals surface area contributed by atoms with E-state index in [1.807, 2.05) is 0 Å². The summed E-state index contributed by atoms with van der Waals surface area (Å²) < 4.78 is 17.7. The van der Waals surface area contributed by atoms with Crippen molar-refractivity contribution in [3.8, 4) is 17.2 Å². The van der Waals surface area contributed by atoms with Crippen LogP contribution in [-0.4, -0.2) is 10.8 Å². The van der Waals surface area contributed by atoms with Gasteiger partial charge in [0.2, 0.25) is 0 Å². The molecule has 0 aliphatic carbocycles. The Morgan fingerprint density at radius 3 is 2.49 bits per heavy atom. The first kappa shape index (κ1) is 24.6. The van der Waals surface area contributed by atoms with Gasteiger partial charge < -0.3 is 19.2 Å². The first-order chi connectivity index (χ1) is 16.8. The topological polar surface area (TPSA) is 104 Å². The molecule has 4 rings (SSSR count). The Morgan fingerprint density at radius 1 is 1.00 bits per heavy atom. The fraction of sp³-hybridized carbons (Fsp3) is 0.0417. The molecule has 11 heteroatoms. The number of nitrogens with one attached hydrogen (secondary N) is 1. The van der Waals surface area contributed by atoms with Crippen LogP contribution in [-0.2, 0) is 6.61 Å². The Morgan fingerprint density at radius 2 is 1.77 bits per heavy atom. The molecule has 0 bridgehead atoms. The zero-order chi connectivity index (χ0) is 24.9. The maximum Gasteiger partial charge on any atom is 0.291 e. The normalized spacial score (nSPS) is 10.6. The van der Waals surface area contributed by atoms with Gasteiger partial charge >= 0.3 is 0 Å². The first-order valence-corrected chi connectivity index (χ1v) is 11.5. The molecular formula is C24H15BrCl2N2O6. The van der Waals surface area contributed by atoms with Crippen LogP contribution in [0.15, 0.2) is 81.7 Å². The maximum atomic E-state index is 12.7. The van der Waals surface area contributed by atoms with E-state index in [9.17, 15) is 14.9 Å². The van der Waals surface area contributed by atoms with Crippen LogP contribution in [0.1, 0.15) is 16.3 Å². The third-order valence-electron chi connectivity index (χ3n) is 4.56. The largest absolute Gasteiger partial charge is 0.484 e. The third-order valence-corrected chi connectivity index (χ3v) is 5.60. The van der Waals surface area contributed by atoms with Crippen molar-refractivity contribution in [3.63, 3.8) is 0 Å². The second-order valence-corrected chi connectivity index (χ2v) is 8.87. The number of amides is 1. The fourth-order valence-corrected chi connectivity index (χ4v) is 3.82. The second-order valence-electron chi connectivity index (χ2n) is 7.11. The summed E-state index contributed by atoms with van der Waals surface area (Å²) in [6, 6.07) is 18.7. The summed E-state index contributed by atoms with van der Waals surface area (Å²) in [5, 5.41) is 14.9. The predicted molar refractivity (Wildman–Crippen MR) is 135 cm³/mol. The molecule has 1 heterocycles. The standard InChI is InChI=1S/C24H15BrCl2N2O6/c25-14-1-7-22(21(27)9-14)33-13-19-6-8-23(35-19)24(30)28-16-10-17(29(31)32)12-20(11-16)34-18-4-2-15(26)3-5-18/h1-12H,13H2,(H,28,30). The Labute approximate surface area is 217 Å². The van der Waals surface area contributed by atoms with E-state index < -0.39 is 10.8 Å². The fourth-order valence-electron chi connectivity index (χ4n) is 2.97. The number of rotatable bonds is 8. The molecule has 0 saturated carbocycles. The summed E-state index contributed by atoms with van der Waals surface area (Å²) in [4.78, 5) is 23.5. The smallest absolute Gasteiger partial charge is 0.291 e. The minimum Gasteiger partial charge on any atom is -0.484 e. The highest BCUT2D eigenvalue weighted by molar-refractivity contribution is 9.10. The molecule has 0 spiro atoms. The van der Waals surface area contributed by atoms with Crippen LogP contribution in [0, 0.1) is 10.1 Å². The van der Waals surface area contributed by atoms with E-state index in [0.29, 0.717) is 27.3 Å². The quantitative estimate of drug-likeness (QED) is 0.169. The number of benzene rings is 3. The molecule has 8 nitrogen and oxygen atoms in total. The van der Waals surface area contributed by atoms with E-state index in [1.165, 1.54) is 24.3 Å². The Hall–Kier alpha value is -3.53. The lowest BCUT2D eigenvalue weighted by Gasteiger charge is -2.09. The molecule has 1 N–H and O–H groups in total. The molecule has 0 fully saturated rings. The van der Waals surface area contributed by atoms with Crippen molar-refractivity contribution < 1.29 is 23.6 Å². The van der Waals surface area contributed by atoms with Gasteiger partial charge in [0.15, 0.2) is 5.76 Å². The van der Waals surface area contributed by atoms with Crippen LogP contribution < -0.4 is 14.8 Å². The highest BCUT2D eigenvalue weighted by Gasteiger charge is 2.16. The van der Waals surface area contributed by atoms with Gasteiger partial charge in [0.05, 0.1) is 21.7 Å². The zero-order valence-corrected chi connectivity index (χ0v) is 20.8. The number of carbonyl (C=O) groups excluding carboxylic acids is 1. The number of carbonyl (C=O) groups is 1. The number of nitro benzene ring substituents is 1. The minimum absolute atomic E-state index is 0.00261. The SMILES string of the molecule is O=C(Nc1cc(Oc2ccc(Cl)cc2)cc([N+](=O)[O-])c1)c1ccc(COc2ccc(Br)cc2Cl)o1. The number of nitro groups is 1. The lowest BCUT2D eigenvalue weighted by molar-refractivity contribution is -0.384. The Balaban J connectivity index is 1.46. The summed E-state index contributed by atoms with van der Waals surface area (Å²) in [6.07, 6.45) is 0. The van der Waals surface area contributed by atoms with Crippen LogP contribution in [0.3, 0.4) is 0 Å². The summed E-state index contributed by atoms with van der Waals surface area (Å²) in [7, 11) is 0. The van der Waals surface area contributed by atoms with E-state index in [-0.39, 0.29) is 29.5 Å². The molecule has 0 atom stereocenters. The van der Waals surface area contributed by atoms with Gasteiger partial charge in [-0.15, -0.1) is 0 Å². The summed E-state index contributed by atoms with van der Waals surface area (Å²) in [5.41, 5.74) is -0.101. The third kappa shape index (κ3) is 6.54. The molecule has 0 radical (unpaired) electrons. The van der Waals surface area contributed by atoms with E-state index in [0.717, 1.165) is 4.47 Å². The van der Waals surface area contributed by atoms with E-state index >= 15 is 0 Å². The van der Waals surface area contributed by atoms with Crippen molar-refractivity contribution >= 4 is 56.4 Å². The van der Waals surface area contributed by atoms with Gasteiger partial charge in [0.1, 0.15) is 29.6 Å². The molecule has 0 aliphatic rings. The van der Waals surface area contributed by atoms with Crippen LogP contribution in [0.4, 0.5) is 11.4 Å². The lowest BCUT2D eigenvalue weighted by Crippen LogP contribution is -2.11. The van der Waals surface area contributed by atoms with Gasteiger partial charge in [-0.2, -0.15) is 0 Å². The molecule has 178 valence electrons. The average Bonchev–Trinajstić information content (AvgIpc) is 3.29. The van der Waals surface area contributed by atoms with E-state index in [1.54, 1.807) is 48.5 Å². The monoisotopic (exact) mass is 576 g/mol. The molecule has 0 unspecified atom stereocenters. The van der Waals surface area contributed by atoms with E-state index in [4.69, 9.17) is 37.1 Å².